The fraction of sp³-hybridized carbons (Fsp3) is 0.409. The van der Waals surface area contributed by atoms with Crippen LogP contribution in [0.25, 0.3) is 0 Å². The lowest BCUT2D eigenvalue weighted by atomic mass is 9.86. The maximum absolute atomic E-state index is 13.7. The van der Waals surface area contributed by atoms with Crippen molar-refractivity contribution in [3.05, 3.63) is 65.3 Å². The van der Waals surface area contributed by atoms with Gasteiger partial charge in [0.1, 0.15) is 5.69 Å². The van der Waals surface area contributed by atoms with Crippen LogP contribution in [0.2, 0.25) is 0 Å². The molecule has 0 radical (unpaired) electrons. The van der Waals surface area contributed by atoms with Crippen molar-refractivity contribution in [2.24, 2.45) is 13.0 Å². The minimum atomic E-state index is -4.79. The lowest BCUT2D eigenvalue weighted by molar-refractivity contribution is -0.141. The number of aromatic nitrogens is 3. The van der Waals surface area contributed by atoms with Crippen LogP contribution in [0.5, 0.6) is 0 Å². The van der Waals surface area contributed by atoms with Crippen molar-refractivity contribution in [2.45, 2.75) is 30.7 Å². The Morgan fingerprint density at radius 2 is 2.06 bits per heavy atom. The first-order valence-corrected chi connectivity index (χ1v) is 10.9. The Hall–Kier alpha value is -3.01. The maximum Gasteiger partial charge on any atom is 0.435 e. The van der Waals surface area contributed by atoms with Crippen LogP contribution in [-0.2, 0) is 19.8 Å². The summed E-state index contributed by atoms with van der Waals surface area (Å²) < 4.78 is 43.7. The average molecular weight is 480 g/mol. The monoisotopic (exact) mass is 479 g/mol. The van der Waals surface area contributed by atoms with E-state index in [1.165, 1.54) is 11.9 Å². The van der Waals surface area contributed by atoms with Crippen LogP contribution >= 0.6 is 11.6 Å². The number of fused-ring (bicyclic) bond motifs is 2. The topological polar surface area (TPSA) is 63.4 Å². The predicted octanol–water partition coefficient (Wildman–Crippen LogP) is 3.29. The lowest BCUT2D eigenvalue weighted by Crippen LogP contribution is -2.63. The SMILES string of the molecule is CC1C=C(C23Cn4cccc4C(=O)N2CCN3C(=O)c2cn(C)nc2C(F)(F)F)C=CC1Cl. The van der Waals surface area contributed by atoms with Crippen molar-refractivity contribution in [3.8, 4) is 0 Å². The molecule has 1 fully saturated rings. The summed E-state index contributed by atoms with van der Waals surface area (Å²) in [5.41, 5.74) is -1.93. The first kappa shape index (κ1) is 21.8. The number of rotatable bonds is 2. The van der Waals surface area contributed by atoms with Gasteiger partial charge in [-0.15, -0.1) is 11.6 Å². The number of halogens is 4. The molecule has 0 saturated carbocycles. The third-order valence-corrected chi connectivity index (χ3v) is 7.11. The van der Waals surface area contributed by atoms with Gasteiger partial charge in [-0.25, -0.2) is 0 Å². The van der Waals surface area contributed by atoms with Gasteiger partial charge in [0.05, 0.1) is 17.5 Å². The van der Waals surface area contributed by atoms with Gasteiger partial charge in [0.15, 0.2) is 11.4 Å². The summed E-state index contributed by atoms with van der Waals surface area (Å²) in [6.45, 7) is 2.40. The number of aryl methyl sites for hydroxylation is 1. The van der Waals surface area contributed by atoms with E-state index in [0.29, 0.717) is 11.3 Å². The molecule has 3 aliphatic rings. The van der Waals surface area contributed by atoms with Crippen LogP contribution in [0.3, 0.4) is 0 Å². The number of hydrogen-bond acceptors (Lipinski definition) is 3. The van der Waals surface area contributed by atoms with Crippen molar-refractivity contribution in [1.82, 2.24) is 24.1 Å². The Morgan fingerprint density at radius 3 is 2.76 bits per heavy atom. The maximum atomic E-state index is 13.7. The molecule has 5 rings (SSSR count). The molecule has 2 amide bonds. The standard InChI is InChI=1S/C22H21ClF3N5O2/c1-13-10-14(5-6-16(13)23)21-12-29-7-3-4-17(29)20(33)31(21)9-8-30(21)19(32)15-11-28(2)27-18(15)22(24,25)26/h3-7,10-11,13,16H,8-9,12H2,1-2H3. The molecule has 174 valence electrons. The van der Waals surface area contributed by atoms with E-state index in [2.05, 4.69) is 5.10 Å². The number of carbonyl (C=O) groups is 2. The van der Waals surface area contributed by atoms with Gasteiger partial charge in [-0.1, -0.05) is 25.2 Å². The number of amides is 2. The van der Waals surface area contributed by atoms with E-state index in [1.807, 2.05) is 13.0 Å². The van der Waals surface area contributed by atoms with Gasteiger partial charge in [0.25, 0.3) is 11.8 Å². The molecular formula is C22H21ClF3N5O2. The van der Waals surface area contributed by atoms with E-state index in [1.54, 1.807) is 39.9 Å². The normalized spacial score (nSPS) is 27.0. The summed E-state index contributed by atoms with van der Waals surface area (Å²) in [5, 5.41) is 3.23. The zero-order valence-corrected chi connectivity index (χ0v) is 18.6. The third-order valence-electron chi connectivity index (χ3n) is 6.56. The molecular weight excluding hydrogens is 459 g/mol. The molecule has 11 heteroatoms. The molecule has 3 atom stereocenters. The van der Waals surface area contributed by atoms with E-state index in [4.69, 9.17) is 11.6 Å². The molecule has 33 heavy (non-hydrogen) atoms. The number of hydrogen-bond donors (Lipinski definition) is 0. The first-order chi connectivity index (χ1) is 15.5. The Labute approximate surface area is 192 Å². The number of alkyl halides is 4. The van der Waals surface area contributed by atoms with Crippen LogP contribution in [-0.4, -0.2) is 60.1 Å². The van der Waals surface area contributed by atoms with Gasteiger partial charge < -0.3 is 14.4 Å². The second-order valence-corrected chi connectivity index (χ2v) is 9.10. The highest BCUT2D eigenvalue weighted by atomic mass is 35.5. The van der Waals surface area contributed by atoms with Crippen LogP contribution in [0.4, 0.5) is 13.2 Å². The quantitative estimate of drug-likeness (QED) is 0.621. The first-order valence-electron chi connectivity index (χ1n) is 10.5. The van der Waals surface area contributed by atoms with Gasteiger partial charge >= 0.3 is 6.18 Å². The average Bonchev–Trinajstić information content (AvgIpc) is 3.46. The van der Waals surface area contributed by atoms with E-state index < -0.39 is 29.0 Å². The molecule has 2 aliphatic heterocycles. The van der Waals surface area contributed by atoms with Gasteiger partial charge in [0.2, 0.25) is 0 Å². The highest BCUT2D eigenvalue weighted by Gasteiger charge is 2.57. The van der Waals surface area contributed by atoms with Crippen molar-refractivity contribution >= 4 is 23.4 Å². The minimum absolute atomic E-state index is 0.0888. The number of carbonyl (C=O) groups excluding carboxylic acids is 2. The summed E-state index contributed by atoms with van der Waals surface area (Å²) in [5.74, 6) is -1.19. The fourth-order valence-electron chi connectivity index (χ4n) is 5.02. The molecule has 1 aliphatic carbocycles. The van der Waals surface area contributed by atoms with Crippen molar-refractivity contribution in [3.63, 3.8) is 0 Å². The van der Waals surface area contributed by atoms with Crippen molar-refractivity contribution in [2.75, 3.05) is 13.1 Å². The molecule has 3 unspecified atom stereocenters. The molecule has 4 heterocycles. The molecule has 0 aromatic carbocycles. The van der Waals surface area contributed by atoms with Gasteiger partial charge in [-0.3, -0.25) is 14.3 Å². The zero-order chi connectivity index (χ0) is 23.7. The third kappa shape index (κ3) is 3.14. The molecule has 0 bridgehead atoms. The Morgan fingerprint density at radius 1 is 1.30 bits per heavy atom. The zero-order valence-electron chi connectivity index (χ0n) is 17.9. The van der Waals surface area contributed by atoms with Gasteiger partial charge in [0, 0.05) is 32.5 Å². The van der Waals surface area contributed by atoms with Crippen LogP contribution < -0.4 is 0 Å². The summed E-state index contributed by atoms with van der Waals surface area (Å²) in [6.07, 6.45) is 3.47. The van der Waals surface area contributed by atoms with E-state index in [0.717, 1.165) is 10.9 Å². The second kappa shape index (κ2) is 7.24. The smallest absolute Gasteiger partial charge is 0.339 e. The molecule has 0 spiro atoms. The molecule has 2 aromatic rings. The minimum Gasteiger partial charge on any atom is -0.339 e. The Balaban J connectivity index is 1.68. The Bertz CT molecular complexity index is 1210. The fourth-order valence-corrected chi connectivity index (χ4v) is 5.16. The predicted molar refractivity (Wildman–Crippen MR) is 113 cm³/mol. The highest BCUT2D eigenvalue weighted by molar-refractivity contribution is 6.22. The van der Waals surface area contributed by atoms with E-state index in [-0.39, 0.29) is 36.8 Å². The molecule has 0 N–H and O–H groups in total. The van der Waals surface area contributed by atoms with E-state index >= 15 is 0 Å². The summed E-state index contributed by atoms with van der Waals surface area (Å²) in [4.78, 5) is 30.0. The number of allylic oxidation sites excluding steroid dienone is 2. The number of nitrogens with zero attached hydrogens (tertiary/aromatic N) is 5. The second-order valence-electron chi connectivity index (χ2n) is 8.60. The van der Waals surface area contributed by atoms with Crippen LogP contribution in [0, 0.1) is 5.92 Å². The largest absolute Gasteiger partial charge is 0.435 e. The molecule has 2 aromatic heterocycles. The van der Waals surface area contributed by atoms with Crippen molar-refractivity contribution < 1.29 is 22.8 Å². The summed E-state index contributed by atoms with van der Waals surface area (Å²) in [6, 6.07) is 3.43. The molecule has 7 nitrogen and oxygen atoms in total. The van der Waals surface area contributed by atoms with Crippen LogP contribution in [0.1, 0.15) is 33.5 Å². The summed E-state index contributed by atoms with van der Waals surface area (Å²) in [7, 11) is 1.34. The Kier molecular flexibility index (Phi) is 4.79. The van der Waals surface area contributed by atoms with E-state index in [9.17, 15) is 22.8 Å². The van der Waals surface area contributed by atoms with Gasteiger partial charge in [-0.2, -0.15) is 18.3 Å². The molecule has 1 saturated heterocycles. The lowest BCUT2D eigenvalue weighted by Gasteiger charge is -2.48. The van der Waals surface area contributed by atoms with Crippen LogP contribution in [0.15, 0.2) is 48.3 Å². The van der Waals surface area contributed by atoms with Gasteiger partial charge in [-0.05, 0) is 23.6 Å². The summed E-state index contributed by atoms with van der Waals surface area (Å²) >= 11 is 6.34. The van der Waals surface area contributed by atoms with Crippen molar-refractivity contribution in [1.29, 1.82) is 0 Å². The highest BCUT2D eigenvalue weighted by Crippen LogP contribution is 2.44.